The molecule has 2 nitrogen and oxygen atoms in total. The Hall–Kier alpha value is -2.11. The molecule has 0 radical (unpaired) electrons. The van der Waals surface area contributed by atoms with E-state index in [-0.39, 0.29) is 0 Å². The maximum Gasteiger partial charge on any atom is 0.0991 e. The third kappa shape index (κ3) is 3.67. The van der Waals surface area contributed by atoms with E-state index in [9.17, 15) is 0 Å². The molecule has 0 aliphatic carbocycles. The fourth-order valence-corrected chi connectivity index (χ4v) is 1.94. The summed E-state index contributed by atoms with van der Waals surface area (Å²) in [6.45, 7) is 5.06. The van der Waals surface area contributed by atoms with Crippen molar-refractivity contribution in [2.75, 3.05) is 0 Å². The Bertz CT molecular complexity index is 562. The zero-order chi connectivity index (χ0) is 13.7. The van der Waals surface area contributed by atoms with E-state index in [2.05, 4.69) is 49.5 Å². The van der Waals surface area contributed by atoms with Crippen molar-refractivity contribution in [2.24, 2.45) is 0 Å². The third-order valence-electron chi connectivity index (χ3n) is 3.27. The molecule has 0 unspecified atom stereocenters. The number of hydrogen-bond acceptors (Lipinski definition) is 2. The number of aryl methyl sites for hydroxylation is 1. The van der Waals surface area contributed by atoms with E-state index in [0.717, 1.165) is 6.54 Å². The highest BCUT2D eigenvalue weighted by Gasteiger charge is 2.04. The summed E-state index contributed by atoms with van der Waals surface area (Å²) in [5, 5.41) is 12.2. The summed E-state index contributed by atoms with van der Waals surface area (Å²) >= 11 is 0. The molecular formula is C17H18N2. The number of nitriles is 1. The van der Waals surface area contributed by atoms with Crippen LogP contribution in [0.1, 0.15) is 35.2 Å². The van der Waals surface area contributed by atoms with Gasteiger partial charge in [0.2, 0.25) is 0 Å². The Morgan fingerprint density at radius 3 is 2.26 bits per heavy atom. The van der Waals surface area contributed by atoms with Crippen molar-refractivity contribution in [3.05, 3.63) is 70.8 Å². The van der Waals surface area contributed by atoms with E-state index >= 15 is 0 Å². The van der Waals surface area contributed by atoms with Crippen LogP contribution in [0.4, 0.5) is 0 Å². The van der Waals surface area contributed by atoms with Gasteiger partial charge in [0, 0.05) is 12.6 Å². The summed E-state index contributed by atoms with van der Waals surface area (Å²) in [6, 6.07) is 18.7. The Kier molecular flexibility index (Phi) is 4.33. The highest BCUT2D eigenvalue weighted by Crippen LogP contribution is 2.14. The lowest BCUT2D eigenvalue weighted by Gasteiger charge is -2.14. The predicted octanol–water partition coefficient (Wildman–Crippen LogP) is 3.72. The third-order valence-corrected chi connectivity index (χ3v) is 3.27. The summed E-state index contributed by atoms with van der Waals surface area (Å²) in [5.74, 6) is 0. The molecule has 2 aromatic rings. The van der Waals surface area contributed by atoms with Crippen molar-refractivity contribution >= 4 is 0 Å². The van der Waals surface area contributed by atoms with Crippen molar-refractivity contribution < 1.29 is 0 Å². The van der Waals surface area contributed by atoms with Gasteiger partial charge < -0.3 is 5.32 Å². The first kappa shape index (κ1) is 13.3. The molecule has 0 amide bonds. The highest BCUT2D eigenvalue weighted by atomic mass is 14.9. The topological polar surface area (TPSA) is 35.8 Å². The van der Waals surface area contributed by atoms with Crippen LogP contribution in [-0.2, 0) is 6.54 Å². The molecule has 96 valence electrons. The average molecular weight is 250 g/mol. The van der Waals surface area contributed by atoms with Crippen LogP contribution < -0.4 is 5.32 Å². The molecule has 0 aromatic heterocycles. The summed E-state index contributed by atoms with van der Waals surface area (Å²) < 4.78 is 0. The lowest BCUT2D eigenvalue weighted by Crippen LogP contribution is -2.17. The van der Waals surface area contributed by atoms with E-state index in [4.69, 9.17) is 5.26 Å². The van der Waals surface area contributed by atoms with Gasteiger partial charge in [-0.15, -0.1) is 0 Å². The molecular weight excluding hydrogens is 232 g/mol. The molecule has 0 saturated carbocycles. The average Bonchev–Trinajstić information content (AvgIpc) is 2.46. The van der Waals surface area contributed by atoms with Crippen molar-refractivity contribution in [3.8, 4) is 6.07 Å². The molecule has 0 saturated heterocycles. The number of benzene rings is 2. The summed E-state index contributed by atoms with van der Waals surface area (Å²) in [4.78, 5) is 0. The molecule has 0 spiro atoms. The zero-order valence-corrected chi connectivity index (χ0v) is 11.4. The fourth-order valence-electron chi connectivity index (χ4n) is 1.94. The number of nitrogens with zero attached hydrogens (tertiary/aromatic N) is 1. The lowest BCUT2D eigenvalue weighted by molar-refractivity contribution is 0.574. The van der Waals surface area contributed by atoms with Gasteiger partial charge in [0.1, 0.15) is 0 Å². The molecule has 0 fully saturated rings. The van der Waals surface area contributed by atoms with Crippen LogP contribution in [0, 0.1) is 18.3 Å². The Balaban J connectivity index is 1.94. The molecule has 1 N–H and O–H groups in total. The zero-order valence-electron chi connectivity index (χ0n) is 11.4. The maximum atomic E-state index is 8.75. The van der Waals surface area contributed by atoms with Crippen LogP contribution in [0.2, 0.25) is 0 Å². The van der Waals surface area contributed by atoms with Gasteiger partial charge in [-0.05, 0) is 37.1 Å². The Labute approximate surface area is 114 Å². The summed E-state index contributed by atoms with van der Waals surface area (Å²) in [5.41, 5.74) is 4.47. The molecule has 1 atom stereocenters. The molecule has 0 aliphatic rings. The first-order valence-corrected chi connectivity index (χ1v) is 6.48. The molecule has 19 heavy (non-hydrogen) atoms. The minimum atomic E-state index is 0.316. The smallest absolute Gasteiger partial charge is 0.0991 e. The quantitative estimate of drug-likeness (QED) is 0.897. The van der Waals surface area contributed by atoms with Gasteiger partial charge >= 0.3 is 0 Å². The molecule has 2 aromatic carbocycles. The largest absolute Gasteiger partial charge is 0.306 e. The van der Waals surface area contributed by atoms with Gasteiger partial charge in [0.25, 0.3) is 0 Å². The Morgan fingerprint density at radius 2 is 1.68 bits per heavy atom. The van der Waals surface area contributed by atoms with Gasteiger partial charge in [0.05, 0.1) is 11.6 Å². The Morgan fingerprint density at radius 1 is 1.05 bits per heavy atom. The minimum Gasteiger partial charge on any atom is -0.306 e. The normalized spacial score (nSPS) is 11.8. The van der Waals surface area contributed by atoms with Gasteiger partial charge in [-0.25, -0.2) is 0 Å². The van der Waals surface area contributed by atoms with E-state index in [1.165, 1.54) is 16.7 Å². The van der Waals surface area contributed by atoms with Crippen molar-refractivity contribution in [1.29, 1.82) is 5.26 Å². The van der Waals surface area contributed by atoms with Gasteiger partial charge in [0.15, 0.2) is 0 Å². The molecule has 2 heteroatoms. The highest BCUT2D eigenvalue weighted by molar-refractivity contribution is 5.31. The fraction of sp³-hybridized carbons (Fsp3) is 0.235. The van der Waals surface area contributed by atoms with Gasteiger partial charge in [-0.2, -0.15) is 5.26 Å². The number of rotatable bonds is 4. The van der Waals surface area contributed by atoms with Gasteiger partial charge in [-0.1, -0.05) is 42.0 Å². The van der Waals surface area contributed by atoms with Crippen LogP contribution in [0.3, 0.4) is 0 Å². The molecule has 0 aliphatic heterocycles. The standard InChI is InChI=1S/C17H18N2/c1-13-3-9-17(10-4-13)14(2)19-12-16-7-5-15(11-18)6-8-16/h3-10,14,19H,12H2,1-2H3/t14-/m1/s1. The first-order valence-electron chi connectivity index (χ1n) is 6.48. The minimum absolute atomic E-state index is 0.316. The van der Waals surface area contributed by atoms with E-state index < -0.39 is 0 Å². The van der Waals surface area contributed by atoms with E-state index in [1.807, 2.05) is 24.3 Å². The maximum absolute atomic E-state index is 8.75. The van der Waals surface area contributed by atoms with Gasteiger partial charge in [-0.3, -0.25) is 0 Å². The second kappa shape index (κ2) is 6.17. The van der Waals surface area contributed by atoms with Crippen LogP contribution in [0.5, 0.6) is 0 Å². The molecule has 0 heterocycles. The van der Waals surface area contributed by atoms with Crippen LogP contribution in [-0.4, -0.2) is 0 Å². The van der Waals surface area contributed by atoms with E-state index in [1.54, 1.807) is 0 Å². The molecule has 2 rings (SSSR count). The number of nitrogens with one attached hydrogen (secondary N) is 1. The van der Waals surface area contributed by atoms with Crippen molar-refractivity contribution in [1.82, 2.24) is 5.32 Å². The van der Waals surface area contributed by atoms with Crippen molar-refractivity contribution in [3.63, 3.8) is 0 Å². The summed E-state index contributed by atoms with van der Waals surface area (Å²) in [6.07, 6.45) is 0. The second-order valence-electron chi connectivity index (χ2n) is 4.82. The lowest BCUT2D eigenvalue weighted by atomic mass is 10.1. The van der Waals surface area contributed by atoms with E-state index in [0.29, 0.717) is 11.6 Å². The van der Waals surface area contributed by atoms with Crippen LogP contribution in [0.15, 0.2) is 48.5 Å². The van der Waals surface area contributed by atoms with Crippen molar-refractivity contribution in [2.45, 2.75) is 26.4 Å². The monoisotopic (exact) mass is 250 g/mol. The summed E-state index contributed by atoms with van der Waals surface area (Å²) in [7, 11) is 0. The van der Waals surface area contributed by atoms with Crippen LogP contribution >= 0.6 is 0 Å². The first-order chi connectivity index (χ1) is 9.19. The molecule has 0 bridgehead atoms. The second-order valence-corrected chi connectivity index (χ2v) is 4.82. The SMILES string of the molecule is Cc1ccc([C@@H](C)NCc2ccc(C#N)cc2)cc1. The van der Waals surface area contributed by atoms with Crippen LogP contribution in [0.25, 0.3) is 0 Å². The predicted molar refractivity (Wildman–Crippen MR) is 77.6 cm³/mol. The number of hydrogen-bond donors (Lipinski definition) is 1.